The maximum absolute atomic E-state index is 3.89. The Bertz CT molecular complexity index is 333. The zero-order valence-corrected chi connectivity index (χ0v) is 13.1. The molecule has 0 spiro atoms. The van der Waals surface area contributed by atoms with Crippen molar-refractivity contribution in [1.82, 2.24) is 0 Å². The van der Waals surface area contributed by atoms with Gasteiger partial charge in [0.05, 0.1) is 0 Å². The van der Waals surface area contributed by atoms with E-state index in [9.17, 15) is 0 Å². The van der Waals surface area contributed by atoms with Gasteiger partial charge in [-0.2, -0.15) is 0 Å². The predicted octanol–water partition coefficient (Wildman–Crippen LogP) is 5.66. The van der Waals surface area contributed by atoms with Crippen molar-refractivity contribution in [3.8, 4) is 0 Å². The normalized spacial score (nSPS) is 19.4. The molecule has 1 unspecified atom stereocenters. The van der Waals surface area contributed by atoms with Gasteiger partial charge in [0.25, 0.3) is 0 Å². The van der Waals surface area contributed by atoms with Crippen molar-refractivity contribution in [3.05, 3.63) is 35.4 Å². The van der Waals surface area contributed by atoms with E-state index in [4.69, 9.17) is 0 Å². The molecular weight excluding hydrogens is 284 g/mol. The van der Waals surface area contributed by atoms with Gasteiger partial charge in [0.2, 0.25) is 0 Å². The van der Waals surface area contributed by atoms with Crippen molar-refractivity contribution in [2.24, 2.45) is 5.92 Å². The topological polar surface area (TPSA) is 0 Å². The van der Waals surface area contributed by atoms with Gasteiger partial charge in [-0.05, 0) is 31.2 Å². The summed E-state index contributed by atoms with van der Waals surface area (Å²) in [7, 11) is 0. The van der Waals surface area contributed by atoms with Gasteiger partial charge in [-0.25, -0.2) is 0 Å². The van der Waals surface area contributed by atoms with Crippen LogP contribution in [0.3, 0.4) is 0 Å². The summed E-state index contributed by atoms with van der Waals surface area (Å²) < 4.78 is 0. The number of aryl methyl sites for hydroxylation is 1. The lowest BCUT2D eigenvalue weighted by Crippen LogP contribution is -2.10. The Balaban J connectivity index is 1.80. The van der Waals surface area contributed by atoms with Crippen LogP contribution in [0.4, 0.5) is 0 Å². The zero-order chi connectivity index (χ0) is 12.8. The maximum atomic E-state index is 3.89. The smallest absolute Gasteiger partial charge is 0.0188 e. The molecule has 0 aliphatic heterocycles. The first-order valence-electron chi connectivity index (χ1n) is 7.43. The molecule has 1 heteroatoms. The summed E-state index contributed by atoms with van der Waals surface area (Å²) in [4.78, 5) is 0.656. The molecule has 0 saturated heterocycles. The summed E-state index contributed by atoms with van der Waals surface area (Å²) in [5.74, 6) is 0.960. The average molecular weight is 309 g/mol. The largest absolute Gasteiger partial charge is 0.0887 e. The maximum Gasteiger partial charge on any atom is 0.0188 e. The molecule has 0 bridgehead atoms. The Morgan fingerprint density at radius 3 is 2.28 bits per heavy atom. The van der Waals surface area contributed by atoms with Crippen LogP contribution in [0.1, 0.15) is 56.1 Å². The third kappa shape index (κ3) is 4.76. The third-order valence-corrected chi connectivity index (χ3v) is 4.84. The van der Waals surface area contributed by atoms with Gasteiger partial charge in [0.15, 0.2) is 0 Å². The van der Waals surface area contributed by atoms with Crippen molar-refractivity contribution in [1.29, 1.82) is 0 Å². The minimum atomic E-state index is 0.656. The standard InChI is InChI=1S/C17H25Br/c1-14-8-10-16(11-9-14)13-17(18)12-15-6-4-2-3-5-7-15/h8-11,15,17H,2-7,12-13H2,1H3. The van der Waals surface area contributed by atoms with Gasteiger partial charge in [-0.3, -0.25) is 0 Å². The molecule has 18 heavy (non-hydrogen) atoms. The summed E-state index contributed by atoms with van der Waals surface area (Å²) in [6, 6.07) is 8.99. The molecule has 1 aromatic carbocycles. The molecular formula is C17H25Br. The predicted molar refractivity (Wildman–Crippen MR) is 83.4 cm³/mol. The number of hydrogen-bond donors (Lipinski definition) is 0. The molecule has 0 N–H and O–H groups in total. The van der Waals surface area contributed by atoms with Crippen LogP contribution in [0.5, 0.6) is 0 Å². The van der Waals surface area contributed by atoms with Gasteiger partial charge < -0.3 is 0 Å². The highest BCUT2D eigenvalue weighted by Crippen LogP contribution is 2.29. The summed E-state index contributed by atoms with van der Waals surface area (Å²) >= 11 is 3.89. The van der Waals surface area contributed by atoms with E-state index in [0.29, 0.717) is 4.83 Å². The molecule has 1 aliphatic rings. The van der Waals surface area contributed by atoms with E-state index in [1.54, 1.807) is 0 Å². The molecule has 1 fully saturated rings. The number of halogens is 1. The molecule has 1 aromatic rings. The molecule has 0 amide bonds. The van der Waals surface area contributed by atoms with Crippen molar-refractivity contribution in [2.45, 2.75) is 63.1 Å². The van der Waals surface area contributed by atoms with E-state index in [0.717, 1.165) is 5.92 Å². The van der Waals surface area contributed by atoms with E-state index in [-0.39, 0.29) is 0 Å². The second kappa shape index (κ2) is 7.33. The molecule has 0 aromatic heterocycles. The number of alkyl halides is 1. The molecule has 0 heterocycles. The van der Waals surface area contributed by atoms with Crippen molar-refractivity contribution >= 4 is 15.9 Å². The first-order chi connectivity index (χ1) is 8.74. The van der Waals surface area contributed by atoms with Gasteiger partial charge in [-0.15, -0.1) is 0 Å². The third-order valence-electron chi connectivity index (χ3n) is 4.14. The van der Waals surface area contributed by atoms with Crippen LogP contribution in [0.2, 0.25) is 0 Å². The summed E-state index contributed by atoms with van der Waals surface area (Å²) in [6.45, 7) is 2.15. The Labute approximate surface area is 120 Å². The Morgan fingerprint density at radius 1 is 1.06 bits per heavy atom. The Kier molecular flexibility index (Phi) is 5.75. The van der Waals surface area contributed by atoms with Crippen LogP contribution < -0.4 is 0 Å². The molecule has 0 nitrogen and oxygen atoms in total. The fourth-order valence-corrected chi connectivity index (χ4v) is 3.93. The van der Waals surface area contributed by atoms with Crippen molar-refractivity contribution < 1.29 is 0 Å². The van der Waals surface area contributed by atoms with Crippen LogP contribution in [-0.4, -0.2) is 4.83 Å². The number of benzene rings is 1. The van der Waals surface area contributed by atoms with E-state index < -0.39 is 0 Å². The first kappa shape index (κ1) is 14.1. The summed E-state index contributed by atoms with van der Waals surface area (Å²) in [5.41, 5.74) is 2.82. The Morgan fingerprint density at radius 2 is 1.67 bits per heavy atom. The number of rotatable bonds is 4. The van der Waals surface area contributed by atoms with Crippen LogP contribution in [0.25, 0.3) is 0 Å². The van der Waals surface area contributed by atoms with Gasteiger partial charge >= 0.3 is 0 Å². The van der Waals surface area contributed by atoms with E-state index in [1.165, 1.54) is 62.5 Å². The zero-order valence-electron chi connectivity index (χ0n) is 11.5. The molecule has 1 atom stereocenters. The lowest BCUT2D eigenvalue weighted by Gasteiger charge is -2.18. The Hall–Kier alpha value is -0.300. The molecule has 100 valence electrons. The lowest BCUT2D eigenvalue weighted by molar-refractivity contribution is 0.423. The van der Waals surface area contributed by atoms with Crippen LogP contribution in [0, 0.1) is 12.8 Å². The van der Waals surface area contributed by atoms with Gasteiger partial charge in [0, 0.05) is 4.83 Å². The van der Waals surface area contributed by atoms with Crippen molar-refractivity contribution in [2.75, 3.05) is 0 Å². The first-order valence-corrected chi connectivity index (χ1v) is 8.35. The summed E-state index contributed by atoms with van der Waals surface area (Å²) in [6.07, 6.45) is 11.3. The lowest BCUT2D eigenvalue weighted by atomic mass is 9.93. The minimum Gasteiger partial charge on any atom is -0.0887 e. The monoisotopic (exact) mass is 308 g/mol. The quantitative estimate of drug-likeness (QED) is 0.497. The highest BCUT2D eigenvalue weighted by atomic mass is 79.9. The molecule has 1 aliphatic carbocycles. The van der Waals surface area contributed by atoms with Crippen LogP contribution in [0.15, 0.2) is 24.3 Å². The van der Waals surface area contributed by atoms with Gasteiger partial charge in [-0.1, -0.05) is 84.3 Å². The van der Waals surface area contributed by atoms with Crippen LogP contribution in [-0.2, 0) is 6.42 Å². The molecule has 1 saturated carbocycles. The van der Waals surface area contributed by atoms with E-state index >= 15 is 0 Å². The fourth-order valence-electron chi connectivity index (χ4n) is 3.02. The summed E-state index contributed by atoms with van der Waals surface area (Å²) in [5, 5.41) is 0. The van der Waals surface area contributed by atoms with Crippen LogP contribution >= 0.6 is 15.9 Å². The van der Waals surface area contributed by atoms with Gasteiger partial charge in [0.1, 0.15) is 0 Å². The highest BCUT2D eigenvalue weighted by molar-refractivity contribution is 9.09. The second-order valence-electron chi connectivity index (χ2n) is 5.88. The number of hydrogen-bond acceptors (Lipinski definition) is 0. The van der Waals surface area contributed by atoms with Crippen molar-refractivity contribution in [3.63, 3.8) is 0 Å². The highest BCUT2D eigenvalue weighted by Gasteiger charge is 2.16. The van der Waals surface area contributed by atoms with E-state index in [2.05, 4.69) is 47.1 Å². The molecule has 2 rings (SSSR count). The van der Waals surface area contributed by atoms with E-state index in [1.807, 2.05) is 0 Å². The second-order valence-corrected chi connectivity index (χ2v) is 7.18. The molecule has 0 radical (unpaired) electrons. The SMILES string of the molecule is Cc1ccc(CC(Br)CC2CCCCCC2)cc1. The minimum absolute atomic E-state index is 0.656. The fraction of sp³-hybridized carbons (Fsp3) is 0.647. The average Bonchev–Trinajstić information content (AvgIpc) is 2.61.